The van der Waals surface area contributed by atoms with Gasteiger partial charge in [-0.2, -0.15) is 0 Å². The lowest BCUT2D eigenvalue weighted by Gasteiger charge is -2.21. The van der Waals surface area contributed by atoms with Crippen LogP contribution >= 0.6 is 0 Å². The van der Waals surface area contributed by atoms with Gasteiger partial charge in [0.2, 0.25) is 0 Å². The molecule has 0 radical (unpaired) electrons. The predicted octanol–water partition coefficient (Wildman–Crippen LogP) is 2.67. The average Bonchev–Trinajstić information content (AvgIpc) is 2.68. The summed E-state index contributed by atoms with van der Waals surface area (Å²) in [6.45, 7) is 5.23. The molecule has 26 heavy (non-hydrogen) atoms. The number of ether oxygens (including phenoxy) is 3. The number of hydrogen-bond acceptors (Lipinski definition) is 5. The molecule has 0 aliphatic carbocycles. The van der Waals surface area contributed by atoms with Gasteiger partial charge in [-0.15, -0.1) is 0 Å². The summed E-state index contributed by atoms with van der Waals surface area (Å²) < 4.78 is 16.3. The van der Waals surface area contributed by atoms with Crippen molar-refractivity contribution in [2.45, 2.75) is 25.4 Å². The van der Waals surface area contributed by atoms with Gasteiger partial charge in [0.15, 0.2) is 0 Å². The molecule has 0 fully saturated rings. The first kappa shape index (κ1) is 20.1. The summed E-state index contributed by atoms with van der Waals surface area (Å²) in [5.74, 6) is 0.799. The maximum Gasteiger partial charge on any atom is 0.118 e. The number of nitrogens with two attached hydrogens (primary N) is 1. The standard InChI is InChI=1S/C21H27NO4/c1-16(12-25-13-17-6-4-3-5-7-17)21(23)20(22)15-26-14-18-8-10-19(24-2)11-9-18/h3-11,20-21,23H,1,12-15,22H2,2H3/t20-,21-/m1/s1. The molecule has 2 atom stereocenters. The highest BCUT2D eigenvalue weighted by molar-refractivity contribution is 5.26. The molecule has 0 unspecified atom stereocenters. The lowest BCUT2D eigenvalue weighted by molar-refractivity contribution is 0.0572. The second-order valence-corrected chi connectivity index (χ2v) is 6.11. The quantitative estimate of drug-likeness (QED) is 0.605. The normalized spacial score (nSPS) is 13.2. The van der Waals surface area contributed by atoms with Crippen molar-refractivity contribution >= 4 is 0 Å². The van der Waals surface area contributed by atoms with E-state index in [1.165, 1.54) is 0 Å². The van der Waals surface area contributed by atoms with Gasteiger partial charge in [0, 0.05) is 0 Å². The van der Waals surface area contributed by atoms with Crippen molar-refractivity contribution in [2.75, 3.05) is 20.3 Å². The van der Waals surface area contributed by atoms with Gasteiger partial charge in [-0.05, 0) is 28.8 Å². The number of aliphatic hydroxyl groups excluding tert-OH is 1. The van der Waals surface area contributed by atoms with Crippen LogP contribution in [0.2, 0.25) is 0 Å². The molecule has 0 bridgehead atoms. The molecule has 2 aromatic rings. The molecule has 2 rings (SSSR count). The van der Waals surface area contributed by atoms with Gasteiger partial charge in [-0.25, -0.2) is 0 Å². The van der Waals surface area contributed by atoms with Crippen molar-refractivity contribution in [3.8, 4) is 5.75 Å². The van der Waals surface area contributed by atoms with Gasteiger partial charge in [0.25, 0.3) is 0 Å². The summed E-state index contributed by atoms with van der Waals surface area (Å²) >= 11 is 0. The van der Waals surface area contributed by atoms with E-state index in [9.17, 15) is 5.11 Å². The second kappa shape index (κ2) is 10.7. The first-order chi connectivity index (χ1) is 12.6. The van der Waals surface area contributed by atoms with Crippen LogP contribution < -0.4 is 10.5 Å². The van der Waals surface area contributed by atoms with Gasteiger partial charge in [0.1, 0.15) is 5.75 Å². The van der Waals surface area contributed by atoms with Crippen LogP contribution in [0.5, 0.6) is 5.75 Å². The summed E-state index contributed by atoms with van der Waals surface area (Å²) in [6, 6.07) is 16.9. The van der Waals surface area contributed by atoms with E-state index < -0.39 is 12.1 Å². The van der Waals surface area contributed by atoms with E-state index in [0.717, 1.165) is 16.9 Å². The minimum atomic E-state index is -0.873. The van der Waals surface area contributed by atoms with Gasteiger partial charge in [0.05, 0.1) is 45.7 Å². The lowest BCUT2D eigenvalue weighted by atomic mass is 10.1. The van der Waals surface area contributed by atoms with E-state index in [4.69, 9.17) is 19.9 Å². The summed E-state index contributed by atoms with van der Waals surface area (Å²) in [7, 11) is 1.63. The third-order valence-corrected chi connectivity index (χ3v) is 3.96. The average molecular weight is 357 g/mol. The van der Waals surface area contributed by atoms with E-state index >= 15 is 0 Å². The topological polar surface area (TPSA) is 73.9 Å². The van der Waals surface area contributed by atoms with Crippen LogP contribution in [0.4, 0.5) is 0 Å². The molecule has 0 spiro atoms. The minimum absolute atomic E-state index is 0.227. The zero-order valence-electron chi connectivity index (χ0n) is 15.1. The van der Waals surface area contributed by atoms with Crippen LogP contribution in [-0.4, -0.2) is 37.6 Å². The van der Waals surface area contributed by atoms with Crippen molar-refractivity contribution in [1.29, 1.82) is 0 Å². The van der Waals surface area contributed by atoms with Crippen LogP contribution in [0.3, 0.4) is 0 Å². The molecule has 5 nitrogen and oxygen atoms in total. The van der Waals surface area contributed by atoms with Crippen molar-refractivity contribution in [3.05, 3.63) is 77.9 Å². The first-order valence-electron chi connectivity index (χ1n) is 8.54. The third-order valence-electron chi connectivity index (χ3n) is 3.96. The number of hydrogen-bond donors (Lipinski definition) is 2. The Morgan fingerprint density at radius 3 is 2.27 bits per heavy atom. The van der Waals surface area contributed by atoms with Gasteiger partial charge < -0.3 is 25.1 Å². The highest BCUT2D eigenvalue weighted by Gasteiger charge is 2.18. The predicted molar refractivity (Wildman–Crippen MR) is 102 cm³/mol. The SMILES string of the molecule is C=C(COCc1ccccc1)[C@@H](O)[C@H](N)COCc1ccc(OC)cc1. The lowest BCUT2D eigenvalue weighted by Crippen LogP contribution is -2.40. The van der Waals surface area contributed by atoms with Crippen LogP contribution in [0.1, 0.15) is 11.1 Å². The molecule has 0 saturated heterocycles. The van der Waals surface area contributed by atoms with Gasteiger partial charge in [-0.3, -0.25) is 0 Å². The molecular weight excluding hydrogens is 330 g/mol. The zero-order valence-corrected chi connectivity index (χ0v) is 15.1. The molecule has 5 heteroatoms. The Kier molecular flexibility index (Phi) is 8.31. The van der Waals surface area contributed by atoms with Crippen molar-refractivity contribution in [1.82, 2.24) is 0 Å². The molecule has 0 saturated carbocycles. The van der Waals surface area contributed by atoms with Crippen LogP contribution in [0.15, 0.2) is 66.7 Å². The zero-order chi connectivity index (χ0) is 18.8. The Hall–Kier alpha value is -2.18. The van der Waals surface area contributed by atoms with Gasteiger partial charge >= 0.3 is 0 Å². The first-order valence-corrected chi connectivity index (χ1v) is 8.54. The number of benzene rings is 2. The van der Waals surface area contributed by atoms with Crippen molar-refractivity contribution in [2.24, 2.45) is 5.73 Å². The fraction of sp³-hybridized carbons (Fsp3) is 0.333. The highest BCUT2D eigenvalue weighted by atomic mass is 16.5. The second-order valence-electron chi connectivity index (χ2n) is 6.11. The molecule has 2 aromatic carbocycles. The van der Waals surface area contributed by atoms with Crippen molar-refractivity contribution in [3.63, 3.8) is 0 Å². The summed E-state index contributed by atoms with van der Waals surface area (Å²) in [5, 5.41) is 10.2. The largest absolute Gasteiger partial charge is 0.497 e. The summed E-state index contributed by atoms with van der Waals surface area (Å²) in [6.07, 6.45) is -0.873. The van der Waals surface area contributed by atoms with E-state index in [1.807, 2.05) is 54.6 Å². The van der Waals surface area contributed by atoms with E-state index in [2.05, 4.69) is 6.58 Å². The minimum Gasteiger partial charge on any atom is -0.497 e. The summed E-state index contributed by atoms with van der Waals surface area (Å²) in [5.41, 5.74) is 8.63. The van der Waals surface area contributed by atoms with Gasteiger partial charge in [-0.1, -0.05) is 49.0 Å². The Morgan fingerprint density at radius 2 is 1.62 bits per heavy atom. The molecule has 0 aromatic heterocycles. The van der Waals surface area contributed by atoms with Crippen LogP contribution in [0.25, 0.3) is 0 Å². The van der Waals surface area contributed by atoms with E-state index in [1.54, 1.807) is 7.11 Å². The molecule has 140 valence electrons. The monoisotopic (exact) mass is 357 g/mol. The van der Waals surface area contributed by atoms with E-state index in [-0.39, 0.29) is 13.2 Å². The maximum atomic E-state index is 10.2. The molecular formula is C21H27NO4. The highest BCUT2D eigenvalue weighted by Crippen LogP contribution is 2.12. The molecule has 0 heterocycles. The number of aliphatic hydroxyl groups is 1. The molecule has 0 aliphatic heterocycles. The maximum absolute atomic E-state index is 10.2. The molecule has 3 N–H and O–H groups in total. The number of methoxy groups -OCH3 is 1. The number of rotatable bonds is 11. The fourth-order valence-electron chi connectivity index (χ4n) is 2.39. The Bertz CT molecular complexity index is 657. The summed E-state index contributed by atoms with van der Waals surface area (Å²) in [4.78, 5) is 0. The Balaban J connectivity index is 1.66. The Labute approximate surface area is 155 Å². The smallest absolute Gasteiger partial charge is 0.118 e. The molecule has 0 aliphatic rings. The fourth-order valence-corrected chi connectivity index (χ4v) is 2.39. The van der Waals surface area contributed by atoms with Crippen LogP contribution in [0, 0.1) is 0 Å². The van der Waals surface area contributed by atoms with E-state index in [0.29, 0.717) is 18.8 Å². The Morgan fingerprint density at radius 1 is 1.00 bits per heavy atom. The third kappa shape index (κ3) is 6.61. The molecule has 0 amide bonds. The van der Waals surface area contributed by atoms with Crippen LogP contribution in [-0.2, 0) is 22.7 Å². The van der Waals surface area contributed by atoms with Crippen molar-refractivity contribution < 1.29 is 19.3 Å².